The lowest BCUT2D eigenvalue weighted by Crippen LogP contribution is -2.31. The van der Waals surface area contributed by atoms with Gasteiger partial charge < -0.3 is 0 Å². The standard InChI is InChI=1S/C22H19N5S/c1-2-19(25-20(3-1)17-7-11-28-15-17)14-27-10-6-21-18(13-27)12-24-22(26-21)16-4-8-23-9-5-16/h1-5,7-9,11-12,15H,6,10,13-14H2. The summed E-state index contributed by atoms with van der Waals surface area (Å²) in [7, 11) is 0. The summed E-state index contributed by atoms with van der Waals surface area (Å²) in [6, 6.07) is 12.3. The Kier molecular flexibility index (Phi) is 4.64. The Bertz CT molecular complexity index is 1080. The third kappa shape index (κ3) is 3.56. The van der Waals surface area contributed by atoms with E-state index in [0.717, 1.165) is 54.5 Å². The Balaban J connectivity index is 1.32. The van der Waals surface area contributed by atoms with Gasteiger partial charge in [0.15, 0.2) is 5.82 Å². The first-order valence-electron chi connectivity index (χ1n) is 9.31. The maximum absolute atomic E-state index is 4.85. The van der Waals surface area contributed by atoms with Gasteiger partial charge in [-0.05, 0) is 35.7 Å². The first-order valence-corrected chi connectivity index (χ1v) is 10.3. The quantitative estimate of drug-likeness (QED) is 0.526. The maximum Gasteiger partial charge on any atom is 0.159 e. The SMILES string of the molecule is c1cc(CN2CCc3nc(-c4ccncc4)ncc3C2)nc(-c2ccsc2)c1. The number of aromatic nitrogens is 4. The van der Waals surface area contributed by atoms with E-state index in [2.05, 4.69) is 49.9 Å². The molecule has 0 fully saturated rings. The van der Waals surface area contributed by atoms with Crippen LogP contribution in [0.2, 0.25) is 0 Å². The summed E-state index contributed by atoms with van der Waals surface area (Å²) in [6.07, 6.45) is 6.45. The van der Waals surface area contributed by atoms with Crippen molar-refractivity contribution in [3.8, 4) is 22.6 Å². The minimum Gasteiger partial charge on any atom is -0.293 e. The molecule has 28 heavy (non-hydrogen) atoms. The normalized spacial score (nSPS) is 14.0. The van der Waals surface area contributed by atoms with Crippen molar-refractivity contribution in [2.75, 3.05) is 6.54 Å². The topological polar surface area (TPSA) is 54.8 Å². The van der Waals surface area contributed by atoms with E-state index < -0.39 is 0 Å². The minimum absolute atomic E-state index is 0.778. The van der Waals surface area contributed by atoms with Gasteiger partial charge in [0, 0.05) is 66.7 Å². The molecule has 0 aliphatic carbocycles. The van der Waals surface area contributed by atoms with Crippen LogP contribution in [0.5, 0.6) is 0 Å². The Morgan fingerprint density at radius 1 is 1.00 bits per heavy atom. The van der Waals surface area contributed by atoms with Crippen LogP contribution in [0.1, 0.15) is 17.0 Å². The van der Waals surface area contributed by atoms with Crippen molar-refractivity contribution < 1.29 is 0 Å². The molecule has 0 atom stereocenters. The summed E-state index contributed by atoms with van der Waals surface area (Å²) in [6.45, 7) is 2.67. The van der Waals surface area contributed by atoms with E-state index in [1.807, 2.05) is 18.3 Å². The number of thiophene rings is 1. The number of nitrogens with zero attached hydrogens (tertiary/aromatic N) is 5. The molecule has 0 N–H and O–H groups in total. The van der Waals surface area contributed by atoms with E-state index in [0.29, 0.717) is 0 Å². The van der Waals surface area contributed by atoms with Crippen LogP contribution >= 0.6 is 11.3 Å². The van der Waals surface area contributed by atoms with Crippen LogP contribution < -0.4 is 0 Å². The molecule has 1 aliphatic rings. The lowest BCUT2D eigenvalue weighted by atomic mass is 10.1. The molecule has 0 radical (unpaired) electrons. The fraction of sp³-hybridized carbons (Fsp3) is 0.182. The van der Waals surface area contributed by atoms with Crippen molar-refractivity contribution in [3.05, 3.63) is 82.7 Å². The molecule has 0 aromatic carbocycles. The Morgan fingerprint density at radius 2 is 1.93 bits per heavy atom. The van der Waals surface area contributed by atoms with Crippen LogP contribution in [0.4, 0.5) is 0 Å². The summed E-state index contributed by atoms with van der Waals surface area (Å²) in [5.41, 5.74) is 6.70. The average molecular weight is 385 g/mol. The van der Waals surface area contributed by atoms with Crippen LogP contribution in [0, 0.1) is 0 Å². The van der Waals surface area contributed by atoms with E-state index in [4.69, 9.17) is 9.97 Å². The van der Waals surface area contributed by atoms with Crippen LogP contribution in [-0.4, -0.2) is 31.4 Å². The van der Waals surface area contributed by atoms with Crippen molar-refractivity contribution in [1.29, 1.82) is 0 Å². The molecule has 0 saturated carbocycles. The van der Waals surface area contributed by atoms with Crippen molar-refractivity contribution in [1.82, 2.24) is 24.8 Å². The molecule has 5 rings (SSSR count). The highest BCUT2D eigenvalue weighted by Gasteiger charge is 2.19. The molecule has 4 aromatic heterocycles. The molecule has 0 bridgehead atoms. The first-order chi connectivity index (χ1) is 13.8. The largest absolute Gasteiger partial charge is 0.293 e. The van der Waals surface area contributed by atoms with Gasteiger partial charge in [0.05, 0.1) is 17.1 Å². The second-order valence-electron chi connectivity index (χ2n) is 6.89. The molecule has 138 valence electrons. The summed E-state index contributed by atoms with van der Waals surface area (Å²) >= 11 is 1.70. The van der Waals surface area contributed by atoms with Crippen LogP contribution in [-0.2, 0) is 19.5 Å². The zero-order valence-corrected chi connectivity index (χ0v) is 16.1. The molecule has 0 spiro atoms. The molecular formula is C22H19N5S. The van der Waals surface area contributed by atoms with Crippen molar-refractivity contribution >= 4 is 11.3 Å². The highest BCUT2D eigenvalue weighted by Crippen LogP contribution is 2.23. The fourth-order valence-corrected chi connectivity index (χ4v) is 4.17. The van der Waals surface area contributed by atoms with E-state index in [1.165, 1.54) is 11.1 Å². The lowest BCUT2D eigenvalue weighted by molar-refractivity contribution is 0.240. The number of fused-ring (bicyclic) bond motifs is 1. The first kappa shape index (κ1) is 17.2. The average Bonchev–Trinajstić information content (AvgIpc) is 3.29. The van der Waals surface area contributed by atoms with Gasteiger partial charge in [-0.3, -0.25) is 14.9 Å². The van der Waals surface area contributed by atoms with Crippen LogP contribution in [0.3, 0.4) is 0 Å². The van der Waals surface area contributed by atoms with Crippen molar-refractivity contribution in [2.45, 2.75) is 19.5 Å². The molecule has 5 heterocycles. The number of rotatable bonds is 4. The van der Waals surface area contributed by atoms with Gasteiger partial charge >= 0.3 is 0 Å². The monoisotopic (exact) mass is 385 g/mol. The van der Waals surface area contributed by atoms with Crippen molar-refractivity contribution in [2.24, 2.45) is 0 Å². The molecule has 1 aliphatic heterocycles. The Hall–Kier alpha value is -2.96. The Morgan fingerprint density at radius 3 is 2.79 bits per heavy atom. The lowest BCUT2D eigenvalue weighted by Gasteiger charge is -2.27. The smallest absolute Gasteiger partial charge is 0.159 e. The maximum atomic E-state index is 4.85. The van der Waals surface area contributed by atoms with E-state index >= 15 is 0 Å². The van der Waals surface area contributed by atoms with E-state index in [9.17, 15) is 0 Å². The number of hydrogen-bond acceptors (Lipinski definition) is 6. The molecule has 6 heteroatoms. The van der Waals surface area contributed by atoms with Gasteiger partial charge in [0.25, 0.3) is 0 Å². The molecule has 4 aromatic rings. The van der Waals surface area contributed by atoms with Gasteiger partial charge in [-0.15, -0.1) is 0 Å². The minimum atomic E-state index is 0.778. The van der Waals surface area contributed by atoms with Gasteiger partial charge in [0.2, 0.25) is 0 Å². The molecule has 0 amide bonds. The summed E-state index contributed by atoms with van der Waals surface area (Å²) in [5.74, 6) is 0.778. The third-order valence-corrected chi connectivity index (χ3v) is 5.64. The Labute approximate surface area is 167 Å². The third-order valence-electron chi connectivity index (χ3n) is 4.96. The van der Waals surface area contributed by atoms with Gasteiger partial charge in [0.1, 0.15) is 0 Å². The zero-order valence-electron chi connectivity index (χ0n) is 15.3. The van der Waals surface area contributed by atoms with E-state index in [-0.39, 0.29) is 0 Å². The fourth-order valence-electron chi connectivity index (χ4n) is 3.52. The van der Waals surface area contributed by atoms with Gasteiger partial charge in [-0.2, -0.15) is 11.3 Å². The second kappa shape index (κ2) is 7.58. The van der Waals surface area contributed by atoms with Crippen LogP contribution in [0.25, 0.3) is 22.6 Å². The molecule has 0 unspecified atom stereocenters. The van der Waals surface area contributed by atoms with Crippen molar-refractivity contribution in [3.63, 3.8) is 0 Å². The van der Waals surface area contributed by atoms with Crippen LogP contribution in [0.15, 0.2) is 65.7 Å². The second-order valence-corrected chi connectivity index (χ2v) is 7.67. The summed E-state index contributed by atoms with van der Waals surface area (Å²) < 4.78 is 0. The summed E-state index contributed by atoms with van der Waals surface area (Å²) in [4.78, 5) is 20.7. The zero-order chi connectivity index (χ0) is 18.8. The molecule has 0 saturated heterocycles. The predicted molar refractivity (Wildman–Crippen MR) is 111 cm³/mol. The summed E-state index contributed by atoms with van der Waals surface area (Å²) in [5, 5.41) is 4.23. The highest BCUT2D eigenvalue weighted by atomic mass is 32.1. The molecule has 5 nitrogen and oxygen atoms in total. The predicted octanol–water partition coefficient (Wildman–Crippen LogP) is 4.22. The number of hydrogen-bond donors (Lipinski definition) is 0. The molecular weight excluding hydrogens is 366 g/mol. The number of pyridine rings is 2. The van der Waals surface area contributed by atoms with Gasteiger partial charge in [-0.1, -0.05) is 6.07 Å². The highest BCUT2D eigenvalue weighted by molar-refractivity contribution is 7.08. The van der Waals surface area contributed by atoms with E-state index in [1.54, 1.807) is 23.7 Å². The van der Waals surface area contributed by atoms with Gasteiger partial charge in [-0.25, -0.2) is 9.97 Å².